The molecule has 3 heterocycles. The van der Waals surface area contributed by atoms with Gasteiger partial charge in [0.25, 0.3) is 11.8 Å². The molecule has 0 saturated carbocycles. The highest BCUT2D eigenvalue weighted by Crippen LogP contribution is 2.37. The van der Waals surface area contributed by atoms with Crippen LogP contribution >= 0.6 is 11.8 Å². The first-order valence-electron chi connectivity index (χ1n) is 10.2. The fraction of sp³-hybridized carbons (Fsp3) is 0.600. The van der Waals surface area contributed by atoms with E-state index in [1.165, 1.54) is 0 Å². The van der Waals surface area contributed by atoms with Crippen molar-refractivity contribution in [1.29, 1.82) is 0 Å². The van der Waals surface area contributed by atoms with E-state index in [0.717, 1.165) is 57.3 Å². The number of anilines is 1. The fourth-order valence-electron chi connectivity index (χ4n) is 3.72. The van der Waals surface area contributed by atoms with Crippen LogP contribution in [-0.4, -0.2) is 92.7 Å². The molecule has 29 heavy (non-hydrogen) atoms. The van der Waals surface area contributed by atoms with Crippen LogP contribution < -0.4 is 10.6 Å². The zero-order valence-electron chi connectivity index (χ0n) is 16.5. The maximum absolute atomic E-state index is 12.6. The van der Waals surface area contributed by atoms with Crippen molar-refractivity contribution >= 4 is 29.3 Å². The molecule has 3 aliphatic rings. The summed E-state index contributed by atoms with van der Waals surface area (Å²) >= 11 is 1.54. The molecule has 4 rings (SSSR count). The van der Waals surface area contributed by atoms with Gasteiger partial charge >= 0.3 is 0 Å². The first kappa shape index (κ1) is 20.6. The topological polar surface area (TPSA) is 83.1 Å². The Balaban J connectivity index is 1.29. The maximum atomic E-state index is 12.6. The molecule has 2 saturated heterocycles. The molecule has 0 aromatic heterocycles. The number of thioether (sulfide) groups is 1. The predicted octanol–water partition coefficient (Wildman–Crippen LogP) is 0.841. The van der Waals surface area contributed by atoms with Crippen LogP contribution in [0.25, 0.3) is 0 Å². The number of nitrogens with one attached hydrogen (secondary N) is 2. The normalized spacial score (nSPS) is 23.3. The minimum absolute atomic E-state index is 0.0348. The third kappa shape index (κ3) is 5.29. The van der Waals surface area contributed by atoms with Gasteiger partial charge in [-0.2, -0.15) is 0 Å². The molecule has 1 aromatic rings. The smallest absolute Gasteiger partial charge is 0.252 e. The maximum Gasteiger partial charge on any atom is 0.252 e. The molecule has 8 nitrogen and oxygen atoms in total. The van der Waals surface area contributed by atoms with Gasteiger partial charge in [-0.15, -0.1) is 0 Å². The number of hydrogen-bond donors (Lipinski definition) is 2. The molecule has 1 unspecified atom stereocenters. The van der Waals surface area contributed by atoms with Gasteiger partial charge < -0.3 is 20.1 Å². The van der Waals surface area contributed by atoms with Gasteiger partial charge in [0.1, 0.15) is 5.37 Å². The molecule has 0 aliphatic carbocycles. The number of carbonyl (C=O) groups excluding carboxylic acids is 2. The number of nitrogens with zero attached hydrogens (tertiary/aromatic N) is 2. The predicted molar refractivity (Wildman–Crippen MR) is 111 cm³/mol. The lowest BCUT2D eigenvalue weighted by molar-refractivity contribution is -0.119. The molecule has 1 aromatic carbocycles. The van der Waals surface area contributed by atoms with E-state index in [2.05, 4.69) is 20.4 Å². The van der Waals surface area contributed by atoms with Crippen molar-refractivity contribution in [2.24, 2.45) is 0 Å². The van der Waals surface area contributed by atoms with E-state index in [1.807, 2.05) is 12.1 Å². The molecule has 2 fully saturated rings. The van der Waals surface area contributed by atoms with Gasteiger partial charge in [0.15, 0.2) is 0 Å². The molecule has 0 spiro atoms. The molecule has 9 heteroatoms. The average Bonchev–Trinajstić information content (AvgIpc) is 2.77. The third-order valence-electron chi connectivity index (χ3n) is 5.38. The van der Waals surface area contributed by atoms with Crippen LogP contribution in [0.2, 0.25) is 0 Å². The zero-order valence-corrected chi connectivity index (χ0v) is 17.3. The minimum Gasteiger partial charge on any atom is -0.379 e. The molecule has 1 atom stereocenters. The van der Waals surface area contributed by atoms with E-state index in [9.17, 15) is 9.59 Å². The lowest BCUT2D eigenvalue weighted by Gasteiger charge is -2.35. The van der Waals surface area contributed by atoms with Crippen molar-refractivity contribution in [2.45, 2.75) is 16.7 Å². The van der Waals surface area contributed by atoms with E-state index in [4.69, 9.17) is 9.47 Å². The SMILES string of the molecule is O=C(NCCCN1CCOCC1)c1ccc2c(c1)NC(=O)C(N1CCOCC1)S2. The van der Waals surface area contributed by atoms with Crippen molar-refractivity contribution in [3.8, 4) is 0 Å². The molecule has 2 N–H and O–H groups in total. The first-order chi connectivity index (χ1) is 14.2. The van der Waals surface area contributed by atoms with E-state index in [0.29, 0.717) is 31.0 Å². The molecule has 3 aliphatic heterocycles. The summed E-state index contributed by atoms with van der Waals surface area (Å²) in [6.07, 6.45) is 0.907. The Hall–Kier alpha value is -1.65. The highest BCUT2D eigenvalue weighted by molar-refractivity contribution is 8.00. The molecule has 0 radical (unpaired) electrons. The molecular formula is C20H28N4O4S. The van der Waals surface area contributed by atoms with Crippen molar-refractivity contribution in [2.75, 3.05) is 71.0 Å². The number of fused-ring (bicyclic) bond motifs is 1. The quantitative estimate of drug-likeness (QED) is 0.660. The molecule has 2 amide bonds. The summed E-state index contributed by atoms with van der Waals surface area (Å²) in [5.41, 5.74) is 1.28. The van der Waals surface area contributed by atoms with Gasteiger partial charge in [-0.1, -0.05) is 11.8 Å². The second kappa shape index (κ2) is 9.90. The Bertz CT molecular complexity index is 735. The summed E-state index contributed by atoms with van der Waals surface area (Å²) in [5.74, 6) is -0.142. The number of hydrogen-bond acceptors (Lipinski definition) is 7. The van der Waals surface area contributed by atoms with E-state index < -0.39 is 0 Å². The van der Waals surface area contributed by atoms with Gasteiger partial charge in [0.05, 0.1) is 32.1 Å². The summed E-state index contributed by atoms with van der Waals surface area (Å²) in [4.78, 5) is 30.5. The van der Waals surface area contributed by atoms with Crippen LogP contribution in [0, 0.1) is 0 Å². The highest BCUT2D eigenvalue weighted by atomic mass is 32.2. The van der Waals surface area contributed by atoms with Crippen molar-refractivity contribution in [3.63, 3.8) is 0 Å². The summed E-state index contributed by atoms with van der Waals surface area (Å²) in [6, 6.07) is 5.53. The van der Waals surface area contributed by atoms with E-state index >= 15 is 0 Å². The third-order valence-corrected chi connectivity index (χ3v) is 6.73. The molecule has 158 valence electrons. The summed E-state index contributed by atoms with van der Waals surface area (Å²) < 4.78 is 10.7. The van der Waals surface area contributed by atoms with Gasteiger partial charge in [-0.3, -0.25) is 19.4 Å². The van der Waals surface area contributed by atoms with Crippen molar-refractivity contribution in [3.05, 3.63) is 23.8 Å². The highest BCUT2D eigenvalue weighted by Gasteiger charge is 2.33. The number of ether oxygens (including phenoxy) is 2. The minimum atomic E-state index is -0.244. The van der Waals surface area contributed by atoms with Gasteiger partial charge in [-0.25, -0.2) is 0 Å². The van der Waals surface area contributed by atoms with E-state index in [1.54, 1.807) is 17.8 Å². The summed E-state index contributed by atoms with van der Waals surface area (Å²) in [5, 5.41) is 5.71. The molecule has 0 bridgehead atoms. The lowest BCUT2D eigenvalue weighted by Crippen LogP contribution is -2.48. The van der Waals surface area contributed by atoms with Crippen molar-refractivity contribution < 1.29 is 19.1 Å². The zero-order chi connectivity index (χ0) is 20.1. The lowest BCUT2D eigenvalue weighted by atomic mass is 10.1. The monoisotopic (exact) mass is 420 g/mol. The number of rotatable bonds is 6. The van der Waals surface area contributed by atoms with E-state index in [-0.39, 0.29) is 17.2 Å². The second-order valence-corrected chi connectivity index (χ2v) is 8.50. The fourth-order valence-corrected chi connectivity index (χ4v) is 4.87. The van der Waals surface area contributed by atoms with Crippen LogP contribution in [0.15, 0.2) is 23.1 Å². The number of benzene rings is 1. The standard InChI is InChI=1S/C20H28N4O4S/c25-18(21-4-1-5-23-6-10-27-11-7-23)15-2-3-17-16(14-15)22-19(26)20(29-17)24-8-12-28-13-9-24/h2-3,14,20H,1,4-13H2,(H,21,25)(H,22,26). The summed E-state index contributed by atoms with van der Waals surface area (Å²) in [7, 11) is 0. The summed E-state index contributed by atoms with van der Waals surface area (Å²) in [6.45, 7) is 7.91. The van der Waals surface area contributed by atoms with Gasteiger partial charge in [0, 0.05) is 43.2 Å². The largest absolute Gasteiger partial charge is 0.379 e. The number of carbonyl (C=O) groups is 2. The van der Waals surface area contributed by atoms with Gasteiger partial charge in [0.2, 0.25) is 0 Å². The Kier molecular flexibility index (Phi) is 7.04. The number of morpholine rings is 2. The van der Waals surface area contributed by atoms with Gasteiger partial charge in [-0.05, 0) is 31.2 Å². The van der Waals surface area contributed by atoms with Crippen LogP contribution in [0.5, 0.6) is 0 Å². The first-order valence-corrected chi connectivity index (χ1v) is 11.1. The Morgan fingerprint density at radius 1 is 1.14 bits per heavy atom. The van der Waals surface area contributed by atoms with Crippen LogP contribution in [0.1, 0.15) is 16.8 Å². The number of amides is 2. The Morgan fingerprint density at radius 2 is 1.86 bits per heavy atom. The van der Waals surface area contributed by atoms with Crippen LogP contribution in [-0.2, 0) is 14.3 Å². The average molecular weight is 421 g/mol. The van der Waals surface area contributed by atoms with Crippen molar-refractivity contribution in [1.82, 2.24) is 15.1 Å². The second-order valence-electron chi connectivity index (χ2n) is 7.38. The van der Waals surface area contributed by atoms with Crippen LogP contribution in [0.3, 0.4) is 0 Å². The Labute approximate surface area is 175 Å². The van der Waals surface area contributed by atoms with Crippen LogP contribution in [0.4, 0.5) is 5.69 Å². The Morgan fingerprint density at radius 3 is 2.62 bits per heavy atom. The molecular weight excluding hydrogens is 392 g/mol.